The van der Waals surface area contributed by atoms with Gasteiger partial charge in [-0.05, 0) is 44.4 Å². The van der Waals surface area contributed by atoms with E-state index in [1.807, 2.05) is 0 Å². The van der Waals surface area contributed by atoms with Gasteiger partial charge in [-0.25, -0.2) is 0 Å². The summed E-state index contributed by atoms with van der Waals surface area (Å²) in [6.07, 6.45) is 0.185. The fourth-order valence-electron chi connectivity index (χ4n) is 2.47. The molecule has 2 nitrogen and oxygen atoms in total. The first kappa shape index (κ1) is 11.6. The summed E-state index contributed by atoms with van der Waals surface area (Å²) in [7, 11) is 0. The van der Waals surface area contributed by atoms with Crippen molar-refractivity contribution in [2.75, 3.05) is 13.1 Å². The molecular weight excluding hydrogens is 198 g/mol. The maximum atomic E-state index is 6.16. The number of nitrogens with one attached hydrogen (secondary N) is 1. The molecule has 2 heteroatoms. The van der Waals surface area contributed by atoms with E-state index in [2.05, 4.69) is 51.2 Å². The molecule has 2 rings (SSSR count). The lowest BCUT2D eigenvalue weighted by molar-refractivity contribution is -0.0962. The van der Waals surface area contributed by atoms with Crippen LogP contribution in [-0.4, -0.2) is 18.7 Å². The monoisotopic (exact) mass is 219 g/mol. The van der Waals surface area contributed by atoms with Crippen LogP contribution in [0.5, 0.6) is 0 Å². The molecule has 0 aliphatic carbocycles. The van der Waals surface area contributed by atoms with E-state index in [1.54, 1.807) is 0 Å². The molecule has 1 N–H and O–H groups in total. The van der Waals surface area contributed by atoms with Crippen LogP contribution in [0.4, 0.5) is 0 Å². The molecule has 1 aromatic carbocycles. The molecule has 1 unspecified atom stereocenters. The first-order valence-electron chi connectivity index (χ1n) is 5.94. The van der Waals surface area contributed by atoms with E-state index in [9.17, 15) is 0 Å². The molecule has 1 atom stereocenters. The summed E-state index contributed by atoms with van der Waals surface area (Å²) in [5.74, 6) is 0. The molecule has 1 saturated heterocycles. The molecule has 0 spiro atoms. The molecule has 1 aliphatic rings. The van der Waals surface area contributed by atoms with Gasteiger partial charge in [-0.1, -0.05) is 18.2 Å². The fraction of sp³-hybridized carbons (Fsp3) is 0.571. The number of benzene rings is 1. The molecule has 0 aromatic heterocycles. The highest BCUT2D eigenvalue weighted by molar-refractivity contribution is 5.36. The Hall–Kier alpha value is -0.860. The first-order chi connectivity index (χ1) is 7.49. The quantitative estimate of drug-likeness (QED) is 0.784. The molecule has 1 aliphatic heterocycles. The fourth-order valence-corrected chi connectivity index (χ4v) is 2.47. The average molecular weight is 219 g/mol. The molecule has 1 heterocycles. The third-order valence-corrected chi connectivity index (χ3v) is 3.21. The highest BCUT2D eigenvalue weighted by Crippen LogP contribution is 2.30. The molecule has 0 bridgehead atoms. The summed E-state index contributed by atoms with van der Waals surface area (Å²) in [4.78, 5) is 0. The molecule has 0 amide bonds. The van der Waals surface area contributed by atoms with Crippen LogP contribution in [0.25, 0.3) is 0 Å². The van der Waals surface area contributed by atoms with Crippen LogP contribution in [0.3, 0.4) is 0 Å². The van der Waals surface area contributed by atoms with E-state index in [4.69, 9.17) is 4.74 Å². The lowest BCUT2D eigenvalue weighted by Gasteiger charge is -2.38. The molecule has 16 heavy (non-hydrogen) atoms. The van der Waals surface area contributed by atoms with Crippen LogP contribution in [0, 0.1) is 13.8 Å². The summed E-state index contributed by atoms with van der Waals surface area (Å²) in [6, 6.07) is 6.43. The van der Waals surface area contributed by atoms with E-state index in [-0.39, 0.29) is 11.7 Å². The second kappa shape index (κ2) is 4.19. The van der Waals surface area contributed by atoms with Gasteiger partial charge < -0.3 is 10.1 Å². The number of morpholine rings is 1. The second-order valence-corrected chi connectivity index (χ2v) is 5.30. The van der Waals surface area contributed by atoms with E-state index >= 15 is 0 Å². The predicted octanol–water partition coefficient (Wildman–Crippen LogP) is 2.74. The zero-order chi connectivity index (χ0) is 11.8. The predicted molar refractivity (Wildman–Crippen MR) is 66.7 cm³/mol. The normalized spacial score (nSPS) is 24.4. The van der Waals surface area contributed by atoms with Crippen molar-refractivity contribution in [3.8, 4) is 0 Å². The summed E-state index contributed by atoms with van der Waals surface area (Å²) < 4.78 is 6.16. The van der Waals surface area contributed by atoms with Gasteiger partial charge in [0.25, 0.3) is 0 Å². The highest BCUT2D eigenvalue weighted by atomic mass is 16.5. The van der Waals surface area contributed by atoms with Crippen LogP contribution in [-0.2, 0) is 4.74 Å². The highest BCUT2D eigenvalue weighted by Gasteiger charge is 2.30. The molecule has 88 valence electrons. The Bertz CT molecular complexity index is 364. The minimum Gasteiger partial charge on any atom is -0.365 e. The smallest absolute Gasteiger partial charge is 0.0962 e. The Morgan fingerprint density at radius 2 is 1.88 bits per heavy atom. The SMILES string of the molecule is Cc1cccc(C)c1C1CNCC(C)(C)O1. The summed E-state index contributed by atoms with van der Waals surface area (Å²) in [5, 5.41) is 3.45. The molecule has 0 saturated carbocycles. The Kier molecular flexibility index (Phi) is 3.04. The Labute approximate surface area is 98.0 Å². The van der Waals surface area contributed by atoms with Crippen molar-refractivity contribution in [2.24, 2.45) is 0 Å². The number of aryl methyl sites for hydroxylation is 2. The molecule has 0 radical (unpaired) electrons. The van der Waals surface area contributed by atoms with Crippen molar-refractivity contribution >= 4 is 0 Å². The van der Waals surface area contributed by atoms with Crippen LogP contribution >= 0.6 is 0 Å². The number of hydrogen-bond acceptors (Lipinski definition) is 2. The van der Waals surface area contributed by atoms with Gasteiger partial charge in [-0.2, -0.15) is 0 Å². The van der Waals surface area contributed by atoms with Crippen LogP contribution < -0.4 is 5.32 Å². The molecular formula is C14H21NO. The summed E-state index contributed by atoms with van der Waals surface area (Å²) in [5.41, 5.74) is 3.93. The van der Waals surface area contributed by atoms with Gasteiger partial charge in [-0.3, -0.25) is 0 Å². The molecule has 1 fully saturated rings. The van der Waals surface area contributed by atoms with Crippen molar-refractivity contribution in [2.45, 2.75) is 39.4 Å². The van der Waals surface area contributed by atoms with Gasteiger partial charge in [-0.15, -0.1) is 0 Å². The average Bonchev–Trinajstić information content (AvgIpc) is 2.15. The largest absolute Gasteiger partial charge is 0.365 e. The topological polar surface area (TPSA) is 21.3 Å². The van der Waals surface area contributed by atoms with Crippen molar-refractivity contribution in [1.29, 1.82) is 0 Å². The molecule has 1 aromatic rings. The standard InChI is InChI=1S/C14H21NO/c1-10-6-5-7-11(2)13(10)12-8-15-9-14(3,4)16-12/h5-7,12,15H,8-9H2,1-4H3. The maximum Gasteiger partial charge on any atom is 0.0962 e. The van der Waals surface area contributed by atoms with Gasteiger partial charge >= 0.3 is 0 Å². The minimum atomic E-state index is -0.0718. The van der Waals surface area contributed by atoms with Gasteiger partial charge in [0.05, 0.1) is 11.7 Å². The van der Waals surface area contributed by atoms with Crippen molar-refractivity contribution < 1.29 is 4.74 Å². The van der Waals surface area contributed by atoms with E-state index < -0.39 is 0 Å². The minimum absolute atomic E-state index is 0.0718. The third-order valence-electron chi connectivity index (χ3n) is 3.21. The third kappa shape index (κ3) is 2.28. The van der Waals surface area contributed by atoms with Crippen LogP contribution in [0.15, 0.2) is 18.2 Å². The van der Waals surface area contributed by atoms with Crippen molar-refractivity contribution in [3.05, 3.63) is 34.9 Å². The van der Waals surface area contributed by atoms with Gasteiger partial charge in [0, 0.05) is 13.1 Å². The zero-order valence-corrected chi connectivity index (χ0v) is 10.6. The van der Waals surface area contributed by atoms with E-state index in [0.29, 0.717) is 0 Å². The van der Waals surface area contributed by atoms with Gasteiger partial charge in [0.1, 0.15) is 0 Å². The Morgan fingerprint density at radius 1 is 1.25 bits per heavy atom. The lowest BCUT2D eigenvalue weighted by Crippen LogP contribution is -2.47. The van der Waals surface area contributed by atoms with Crippen LogP contribution in [0.1, 0.15) is 36.6 Å². The summed E-state index contributed by atoms with van der Waals surface area (Å²) in [6.45, 7) is 10.4. The maximum absolute atomic E-state index is 6.16. The number of hydrogen-bond donors (Lipinski definition) is 1. The van der Waals surface area contributed by atoms with Crippen LogP contribution in [0.2, 0.25) is 0 Å². The first-order valence-corrected chi connectivity index (χ1v) is 5.94. The van der Waals surface area contributed by atoms with E-state index in [1.165, 1.54) is 16.7 Å². The van der Waals surface area contributed by atoms with Gasteiger partial charge in [0.15, 0.2) is 0 Å². The number of rotatable bonds is 1. The van der Waals surface area contributed by atoms with Crippen molar-refractivity contribution in [3.63, 3.8) is 0 Å². The second-order valence-electron chi connectivity index (χ2n) is 5.30. The van der Waals surface area contributed by atoms with Gasteiger partial charge in [0.2, 0.25) is 0 Å². The zero-order valence-electron chi connectivity index (χ0n) is 10.6. The lowest BCUT2D eigenvalue weighted by atomic mass is 9.95. The van der Waals surface area contributed by atoms with E-state index in [0.717, 1.165) is 13.1 Å². The summed E-state index contributed by atoms with van der Waals surface area (Å²) >= 11 is 0. The number of ether oxygens (including phenoxy) is 1. The van der Waals surface area contributed by atoms with Crippen molar-refractivity contribution in [1.82, 2.24) is 5.32 Å². The Morgan fingerprint density at radius 3 is 2.44 bits per heavy atom. The Balaban J connectivity index is 2.30.